The second-order valence-corrected chi connectivity index (χ2v) is 9.03. The number of hydrogen-bond donors (Lipinski definition) is 1. The van der Waals surface area contributed by atoms with Gasteiger partial charge in [-0.1, -0.05) is 19.8 Å². The molecule has 0 saturated carbocycles. The summed E-state index contributed by atoms with van der Waals surface area (Å²) in [7, 11) is 0. The molecule has 0 amide bonds. The fourth-order valence-electron chi connectivity index (χ4n) is 4.37. The predicted octanol–water partition coefficient (Wildman–Crippen LogP) is 2.87. The van der Waals surface area contributed by atoms with Gasteiger partial charge in [-0.15, -0.1) is 0 Å². The fourth-order valence-corrected chi connectivity index (χ4v) is 4.37. The highest BCUT2D eigenvalue weighted by molar-refractivity contribution is 5.95. The Morgan fingerprint density at radius 3 is 2.71 bits per heavy atom. The maximum absolute atomic E-state index is 12.6. The smallest absolute Gasteiger partial charge is 0.343 e. The Balaban J connectivity index is 2.02. The third-order valence-electron chi connectivity index (χ3n) is 6.08. The van der Waals surface area contributed by atoms with Gasteiger partial charge in [-0.2, -0.15) is 0 Å². The van der Waals surface area contributed by atoms with Crippen LogP contribution in [0.15, 0.2) is 23.0 Å². The summed E-state index contributed by atoms with van der Waals surface area (Å²) in [5.74, 6) is -1.38. The van der Waals surface area contributed by atoms with Crippen molar-refractivity contribution < 1.29 is 38.4 Å². The molecule has 4 atom stereocenters. The van der Waals surface area contributed by atoms with Gasteiger partial charge in [0.25, 0.3) is 0 Å². The molecule has 0 aromatic carbocycles. The minimum absolute atomic E-state index is 0.0279. The van der Waals surface area contributed by atoms with Gasteiger partial charge in [0.2, 0.25) is 0 Å². The molecule has 0 unspecified atom stereocenters. The highest BCUT2D eigenvalue weighted by Crippen LogP contribution is 2.45. The molecule has 0 aliphatic carbocycles. The molecule has 3 heterocycles. The molecule has 1 N–H and O–H groups in total. The number of esters is 3. The number of carbonyl (C=O) groups is 3. The zero-order chi connectivity index (χ0) is 22.8. The zero-order valence-corrected chi connectivity index (χ0v) is 18.7. The first kappa shape index (κ1) is 23.5. The van der Waals surface area contributed by atoms with E-state index in [1.165, 1.54) is 6.92 Å². The Morgan fingerprint density at radius 2 is 2.03 bits per heavy atom. The first-order valence-electron chi connectivity index (χ1n) is 11.0. The standard InChI is InChI=1S/C23H32O8/c1-5-6-7-8-19(25)29-17-12-23(4,27)18-9-10-22(3,31-18)11-16-20(17)15(21(26)30-16)13-28-14(2)24/h11,17-18,27H,5-10,12-13H2,1-4H3/b16-11-/t17-,18-,22+,23-/m0/s1. The molecule has 0 radical (unpaired) electrons. The molecule has 3 aliphatic rings. The maximum Gasteiger partial charge on any atom is 0.343 e. The summed E-state index contributed by atoms with van der Waals surface area (Å²) in [6, 6.07) is 0. The van der Waals surface area contributed by atoms with E-state index in [9.17, 15) is 19.5 Å². The van der Waals surface area contributed by atoms with E-state index in [-0.39, 0.29) is 30.8 Å². The van der Waals surface area contributed by atoms with Crippen LogP contribution in [0.5, 0.6) is 0 Å². The Labute approximate surface area is 182 Å². The quantitative estimate of drug-likeness (QED) is 0.369. The van der Waals surface area contributed by atoms with Crippen LogP contribution >= 0.6 is 0 Å². The summed E-state index contributed by atoms with van der Waals surface area (Å²) in [5, 5.41) is 11.2. The Bertz CT molecular complexity index is 808. The summed E-state index contributed by atoms with van der Waals surface area (Å²) in [5.41, 5.74) is -1.59. The van der Waals surface area contributed by atoms with Crippen molar-refractivity contribution in [3.63, 3.8) is 0 Å². The number of ether oxygens (including phenoxy) is 4. The van der Waals surface area contributed by atoms with Gasteiger partial charge in [0.1, 0.15) is 18.5 Å². The number of aliphatic hydroxyl groups is 1. The molecule has 0 aromatic heterocycles. The van der Waals surface area contributed by atoms with E-state index in [0.717, 1.165) is 12.8 Å². The van der Waals surface area contributed by atoms with E-state index in [2.05, 4.69) is 0 Å². The lowest BCUT2D eigenvalue weighted by molar-refractivity contribution is -0.155. The van der Waals surface area contributed by atoms with Crippen LogP contribution in [-0.4, -0.2) is 53.0 Å². The molecule has 0 spiro atoms. The Kier molecular flexibility index (Phi) is 6.91. The number of unbranched alkanes of at least 4 members (excludes halogenated alkanes) is 2. The lowest BCUT2D eigenvalue weighted by Crippen LogP contribution is -2.44. The zero-order valence-electron chi connectivity index (χ0n) is 18.7. The summed E-state index contributed by atoms with van der Waals surface area (Å²) in [6.07, 6.45) is 4.42. The van der Waals surface area contributed by atoms with E-state index in [1.54, 1.807) is 13.0 Å². The monoisotopic (exact) mass is 436 g/mol. The molecule has 31 heavy (non-hydrogen) atoms. The van der Waals surface area contributed by atoms with Crippen LogP contribution in [0.1, 0.15) is 72.6 Å². The molecule has 0 aromatic rings. The number of carbonyl (C=O) groups excluding carboxylic acids is 3. The Hall–Kier alpha value is -2.19. The lowest BCUT2D eigenvalue weighted by Gasteiger charge is -2.33. The summed E-state index contributed by atoms with van der Waals surface area (Å²) in [4.78, 5) is 36.5. The molecule has 2 bridgehead atoms. The first-order valence-corrected chi connectivity index (χ1v) is 11.0. The summed E-state index contributed by atoms with van der Waals surface area (Å²) >= 11 is 0. The topological polar surface area (TPSA) is 108 Å². The summed E-state index contributed by atoms with van der Waals surface area (Å²) in [6.45, 7) is 6.50. The highest BCUT2D eigenvalue weighted by atomic mass is 16.6. The molecule has 8 heteroatoms. The highest BCUT2D eigenvalue weighted by Gasteiger charge is 2.50. The molecule has 3 aliphatic heterocycles. The molecule has 1 fully saturated rings. The molecule has 8 nitrogen and oxygen atoms in total. The maximum atomic E-state index is 12.6. The normalized spacial score (nSPS) is 34.1. The van der Waals surface area contributed by atoms with Gasteiger partial charge in [-0.3, -0.25) is 9.59 Å². The van der Waals surface area contributed by atoms with Crippen LogP contribution < -0.4 is 0 Å². The third-order valence-corrected chi connectivity index (χ3v) is 6.08. The van der Waals surface area contributed by atoms with E-state index in [0.29, 0.717) is 24.8 Å². The second kappa shape index (κ2) is 9.12. The van der Waals surface area contributed by atoms with Crippen LogP contribution in [-0.2, 0) is 33.3 Å². The van der Waals surface area contributed by atoms with Crippen molar-refractivity contribution >= 4 is 17.9 Å². The average molecular weight is 437 g/mol. The first-order chi connectivity index (χ1) is 14.5. The van der Waals surface area contributed by atoms with Gasteiger partial charge in [-0.05, 0) is 39.2 Å². The van der Waals surface area contributed by atoms with E-state index in [4.69, 9.17) is 18.9 Å². The third kappa shape index (κ3) is 5.36. The molecular weight excluding hydrogens is 404 g/mol. The van der Waals surface area contributed by atoms with Crippen LogP contribution in [0.3, 0.4) is 0 Å². The van der Waals surface area contributed by atoms with Crippen molar-refractivity contribution in [2.24, 2.45) is 0 Å². The van der Waals surface area contributed by atoms with Crippen molar-refractivity contribution in [1.29, 1.82) is 0 Å². The van der Waals surface area contributed by atoms with E-state index in [1.807, 2.05) is 13.8 Å². The van der Waals surface area contributed by atoms with Gasteiger partial charge in [-0.25, -0.2) is 4.79 Å². The number of fused-ring (bicyclic) bond motifs is 3. The van der Waals surface area contributed by atoms with E-state index >= 15 is 0 Å². The van der Waals surface area contributed by atoms with Crippen LogP contribution in [0, 0.1) is 0 Å². The number of hydrogen-bond acceptors (Lipinski definition) is 8. The SMILES string of the molecule is CCCCCC(=O)O[C@H]1C[C@](C)(O)[C@@H]2CC[C@](C)(/C=C3\OC(=O)C(COC(C)=O)=C31)O2. The minimum atomic E-state index is -1.30. The van der Waals surface area contributed by atoms with Crippen LogP contribution in [0.2, 0.25) is 0 Å². The second-order valence-electron chi connectivity index (χ2n) is 9.03. The van der Waals surface area contributed by atoms with Crippen molar-refractivity contribution in [2.45, 2.75) is 96.1 Å². The van der Waals surface area contributed by atoms with Crippen molar-refractivity contribution in [3.8, 4) is 0 Å². The van der Waals surface area contributed by atoms with Gasteiger partial charge < -0.3 is 24.1 Å². The summed E-state index contributed by atoms with van der Waals surface area (Å²) < 4.78 is 22.5. The molecule has 172 valence electrons. The van der Waals surface area contributed by atoms with Gasteiger partial charge >= 0.3 is 17.9 Å². The predicted molar refractivity (Wildman–Crippen MR) is 110 cm³/mol. The van der Waals surface area contributed by atoms with E-state index < -0.39 is 41.3 Å². The molecule has 3 rings (SSSR count). The van der Waals surface area contributed by atoms with Crippen molar-refractivity contribution in [3.05, 3.63) is 23.0 Å². The Morgan fingerprint density at radius 1 is 1.29 bits per heavy atom. The van der Waals surface area contributed by atoms with Crippen molar-refractivity contribution in [2.75, 3.05) is 6.61 Å². The minimum Gasteiger partial charge on any atom is -0.461 e. The van der Waals surface area contributed by atoms with Gasteiger partial charge in [0.05, 0.1) is 22.9 Å². The van der Waals surface area contributed by atoms with Gasteiger partial charge in [0.15, 0.2) is 0 Å². The molecular formula is C23H32O8. The van der Waals surface area contributed by atoms with Crippen molar-refractivity contribution in [1.82, 2.24) is 0 Å². The lowest BCUT2D eigenvalue weighted by atomic mass is 9.84. The van der Waals surface area contributed by atoms with Gasteiger partial charge in [0, 0.05) is 25.3 Å². The average Bonchev–Trinajstić information content (AvgIpc) is 3.20. The number of rotatable bonds is 7. The molecule has 1 saturated heterocycles. The largest absolute Gasteiger partial charge is 0.461 e. The fraction of sp³-hybridized carbons (Fsp3) is 0.696. The van der Waals surface area contributed by atoms with Crippen LogP contribution in [0.4, 0.5) is 0 Å². The van der Waals surface area contributed by atoms with Crippen LogP contribution in [0.25, 0.3) is 0 Å².